The minimum Gasteiger partial charge on any atom is -0.386 e. The Morgan fingerprint density at radius 3 is 2.46 bits per heavy atom. The predicted molar refractivity (Wildman–Crippen MR) is 75.4 cm³/mol. The minimum absolute atomic E-state index is 0.0718. The summed E-state index contributed by atoms with van der Waals surface area (Å²) in [6.07, 6.45) is -4.84. The third-order valence-corrected chi connectivity index (χ3v) is 3.32. The van der Waals surface area contributed by atoms with Gasteiger partial charge >= 0.3 is 6.18 Å². The molecule has 0 aliphatic carbocycles. The number of hydrogen-bond donors (Lipinski definition) is 2. The number of aromatic nitrogens is 1. The first-order valence-electron chi connectivity index (χ1n) is 6.70. The third kappa shape index (κ3) is 3.72. The first kappa shape index (κ1) is 17.5. The molecule has 24 heavy (non-hydrogen) atoms. The van der Waals surface area contributed by atoms with Crippen molar-refractivity contribution in [1.29, 1.82) is 5.26 Å². The molecule has 126 valence electrons. The Kier molecular flexibility index (Phi) is 4.90. The van der Waals surface area contributed by atoms with Gasteiger partial charge in [-0.25, -0.2) is 0 Å². The molecule has 1 aromatic heterocycles. The fourth-order valence-electron chi connectivity index (χ4n) is 2.00. The molecule has 2 aromatic rings. The molecule has 1 heterocycles. The van der Waals surface area contributed by atoms with Crippen LogP contribution in [0.5, 0.6) is 0 Å². The predicted octanol–water partition coefficient (Wildman–Crippen LogP) is 2.81. The first-order chi connectivity index (χ1) is 11.2. The van der Waals surface area contributed by atoms with Crippen LogP contribution >= 0.6 is 0 Å². The molecule has 2 N–H and O–H groups in total. The highest BCUT2D eigenvalue weighted by Crippen LogP contribution is 2.30. The van der Waals surface area contributed by atoms with E-state index < -0.39 is 29.7 Å². The van der Waals surface area contributed by atoms with E-state index in [4.69, 9.17) is 5.26 Å². The number of alkyl halides is 3. The molecular weight excluding hydrogens is 327 g/mol. The Bertz CT molecular complexity index is 763. The topological polar surface area (TPSA) is 99.2 Å². The van der Waals surface area contributed by atoms with Gasteiger partial charge in [0, 0.05) is 11.3 Å². The summed E-state index contributed by atoms with van der Waals surface area (Å²) in [4.78, 5) is 12.1. The van der Waals surface area contributed by atoms with Crippen molar-refractivity contribution in [3.05, 3.63) is 47.3 Å². The summed E-state index contributed by atoms with van der Waals surface area (Å²) >= 11 is 0. The summed E-state index contributed by atoms with van der Waals surface area (Å²) < 4.78 is 42.1. The van der Waals surface area contributed by atoms with Crippen LogP contribution in [0.25, 0.3) is 0 Å². The van der Waals surface area contributed by atoms with Crippen LogP contribution in [0.1, 0.15) is 22.9 Å². The number of benzene rings is 1. The zero-order chi connectivity index (χ0) is 17.9. The molecule has 2 unspecified atom stereocenters. The number of nitriles is 1. The van der Waals surface area contributed by atoms with Crippen molar-refractivity contribution >= 4 is 11.6 Å². The van der Waals surface area contributed by atoms with Gasteiger partial charge in [-0.05, 0) is 31.2 Å². The van der Waals surface area contributed by atoms with Crippen LogP contribution in [0, 0.1) is 24.2 Å². The van der Waals surface area contributed by atoms with Gasteiger partial charge in [0.25, 0.3) is 0 Å². The SMILES string of the molecule is Cc1nocc1C(O)C(C#N)C(=O)Nc1ccc(C(F)(F)F)cc1. The maximum atomic E-state index is 12.5. The molecule has 0 saturated heterocycles. The second-order valence-corrected chi connectivity index (χ2v) is 4.97. The average molecular weight is 339 g/mol. The number of aliphatic hydroxyl groups excluding tert-OH is 1. The van der Waals surface area contributed by atoms with Crippen LogP contribution in [0.15, 0.2) is 35.1 Å². The molecule has 0 bridgehead atoms. The van der Waals surface area contributed by atoms with Gasteiger partial charge in [0.15, 0.2) is 5.92 Å². The van der Waals surface area contributed by atoms with E-state index in [1.54, 1.807) is 6.07 Å². The molecular formula is C15H12F3N3O3. The average Bonchev–Trinajstić information content (AvgIpc) is 2.93. The highest BCUT2D eigenvalue weighted by atomic mass is 19.4. The Balaban J connectivity index is 2.13. The molecule has 0 spiro atoms. The van der Waals surface area contributed by atoms with Crippen molar-refractivity contribution in [2.24, 2.45) is 5.92 Å². The highest BCUT2D eigenvalue weighted by molar-refractivity contribution is 5.94. The van der Waals surface area contributed by atoms with Crippen molar-refractivity contribution in [3.63, 3.8) is 0 Å². The van der Waals surface area contributed by atoms with E-state index in [1.165, 1.54) is 6.92 Å². The van der Waals surface area contributed by atoms with E-state index in [2.05, 4.69) is 15.0 Å². The van der Waals surface area contributed by atoms with Crippen LogP contribution in [0.3, 0.4) is 0 Å². The lowest BCUT2D eigenvalue weighted by Crippen LogP contribution is -2.27. The fraction of sp³-hybridized carbons (Fsp3) is 0.267. The molecule has 2 atom stereocenters. The Morgan fingerprint density at radius 2 is 2.00 bits per heavy atom. The number of amides is 1. The zero-order valence-corrected chi connectivity index (χ0v) is 12.3. The van der Waals surface area contributed by atoms with E-state index in [-0.39, 0.29) is 11.3 Å². The van der Waals surface area contributed by atoms with Crippen molar-refractivity contribution < 1.29 is 27.6 Å². The second kappa shape index (κ2) is 6.72. The number of nitrogens with one attached hydrogen (secondary N) is 1. The normalized spacial score (nSPS) is 13.8. The number of carbonyl (C=O) groups is 1. The van der Waals surface area contributed by atoms with Crippen LogP contribution in [-0.2, 0) is 11.0 Å². The summed E-state index contributed by atoms with van der Waals surface area (Å²) in [6, 6.07) is 5.39. The van der Waals surface area contributed by atoms with Gasteiger partial charge in [0.2, 0.25) is 5.91 Å². The number of carbonyl (C=O) groups excluding carboxylic acids is 1. The standard InChI is InChI=1S/C15H12F3N3O3/c1-8-12(7-24-21-8)13(22)11(6-19)14(23)20-10-4-2-9(3-5-10)15(16,17)18/h2-5,7,11,13,22H,1H3,(H,20,23). The monoisotopic (exact) mass is 339 g/mol. The van der Waals surface area contributed by atoms with Gasteiger partial charge in [-0.1, -0.05) is 5.16 Å². The molecule has 9 heteroatoms. The van der Waals surface area contributed by atoms with E-state index in [0.717, 1.165) is 30.5 Å². The lowest BCUT2D eigenvalue weighted by Gasteiger charge is -2.16. The molecule has 0 aliphatic heterocycles. The van der Waals surface area contributed by atoms with Crippen LogP contribution in [-0.4, -0.2) is 16.2 Å². The van der Waals surface area contributed by atoms with E-state index in [0.29, 0.717) is 5.69 Å². The maximum absolute atomic E-state index is 12.5. The summed E-state index contributed by atoms with van der Waals surface area (Å²) in [5.41, 5.74) is -0.283. The van der Waals surface area contributed by atoms with Crippen LogP contribution in [0.2, 0.25) is 0 Å². The van der Waals surface area contributed by atoms with Crippen molar-refractivity contribution in [3.8, 4) is 6.07 Å². The largest absolute Gasteiger partial charge is 0.416 e. The third-order valence-electron chi connectivity index (χ3n) is 3.32. The molecule has 6 nitrogen and oxygen atoms in total. The number of halogens is 3. The maximum Gasteiger partial charge on any atom is 0.416 e. The number of rotatable bonds is 4. The number of nitrogens with zero attached hydrogens (tertiary/aromatic N) is 2. The minimum atomic E-state index is -4.49. The molecule has 0 aliphatic rings. The van der Waals surface area contributed by atoms with Crippen LogP contribution in [0.4, 0.5) is 18.9 Å². The highest BCUT2D eigenvalue weighted by Gasteiger charge is 2.32. The first-order valence-corrected chi connectivity index (χ1v) is 6.70. The van der Waals surface area contributed by atoms with Gasteiger partial charge in [-0.15, -0.1) is 0 Å². The van der Waals surface area contributed by atoms with Gasteiger partial charge in [-0.3, -0.25) is 4.79 Å². The molecule has 2 rings (SSSR count). The Labute approximate surface area is 134 Å². The van der Waals surface area contributed by atoms with Gasteiger partial charge < -0.3 is 14.9 Å². The summed E-state index contributed by atoms with van der Waals surface area (Å²) in [5, 5.41) is 25.1. The summed E-state index contributed by atoms with van der Waals surface area (Å²) in [6.45, 7) is 1.53. The van der Waals surface area contributed by atoms with Crippen molar-refractivity contribution in [2.45, 2.75) is 19.2 Å². The van der Waals surface area contributed by atoms with Crippen LogP contribution < -0.4 is 5.32 Å². The van der Waals surface area contributed by atoms with Gasteiger partial charge in [-0.2, -0.15) is 18.4 Å². The summed E-state index contributed by atoms with van der Waals surface area (Å²) in [7, 11) is 0. The van der Waals surface area contributed by atoms with E-state index in [9.17, 15) is 23.1 Å². The Morgan fingerprint density at radius 1 is 1.38 bits per heavy atom. The number of aliphatic hydroxyl groups is 1. The zero-order valence-electron chi connectivity index (χ0n) is 12.3. The van der Waals surface area contributed by atoms with Gasteiger partial charge in [0.05, 0.1) is 17.3 Å². The second-order valence-electron chi connectivity index (χ2n) is 4.97. The van der Waals surface area contributed by atoms with E-state index in [1.807, 2.05) is 0 Å². The van der Waals surface area contributed by atoms with Crippen molar-refractivity contribution in [1.82, 2.24) is 5.16 Å². The molecule has 0 saturated carbocycles. The lowest BCUT2D eigenvalue weighted by atomic mass is 9.96. The lowest BCUT2D eigenvalue weighted by molar-refractivity contribution is -0.137. The van der Waals surface area contributed by atoms with Gasteiger partial charge in [0.1, 0.15) is 12.4 Å². The molecule has 0 fully saturated rings. The molecule has 0 radical (unpaired) electrons. The van der Waals surface area contributed by atoms with Crippen molar-refractivity contribution in [2.75, 3.05) is 5.32 Å². The number of anilines is 1. The quantitative estimate of drug-likeness (QED) is 0.892. The van der Waals surface area contributed by atoms with E-state index >= 15 is 0 Å². The number of hydrogen-bond acceptors (Lipinski definition) is 5. The summed E-state index contributed by atoms with van der Waals surface area (Å²) in [5.74, 6) is -2.34. The fourth-order valence-corrected chi connectivity index (χ4v) is 2.00. The molecule has 1 amide bonds. The number of aryl methyl sites for hydroxylation is 1. The smallest absolute Gasteiger partial charge is 0.386 e. The molecule has 1 aromatic carbocycles. The Hall–Kier alpha value is -2.86.